The van der Waals surface area contributed by atoms with E-state index < -0.39 is 6.04 Å². The van der Waals surface area contributed by atoms with Crippen molar-refractivity contribution in [2.45, 2.75) is 25.3 Å². The van der Waals surface area contributed by atoms with Crippen molar-refractivity contribution in [2.24, 2.45) is 0 Å². The number of hydrogen-bond donors (Lipinski definition) is 2. The Bertz CT molecular complexity index is 563. The predicted molar refractivity (Wildman–Crippen MR) is 82.6 cm³/mol. The van der Waals surface area contributed by atoms with E-state index in [1.807, 2.05) is 24.3 Å². The molecule has 22 heavy (non-hydrogen) atoms. The molecule has 1 atom stereocenters. The third-order valence-electron chi connectivity index (χ3n) is 3.43. The average molecular weight is 303 g/mol. The van der Waals surface area contributed by atoms with Crippen LogP contribution in [0.3, 0.4) is 0 Å². The second-order valence-corrected chi connectivity index (χ2v) is 5.02. The maximum atomic E-state index is 11.9. The van der Waals surface area contributed by atoms with E-state index in [2.05, 4.69) is 5.32 Å². The van der Waals surface area contributed by atoms with Gasteiger partial charge in [-0.1, -0.05) is 12.1 Å². The molecule has 0 spiro atoms. The summed E-state index contributed by atoms with van der Waals surface area (Å²) in [4.78, 5) is 11.9. The van der Waals surface area contributed by atoms with E-state index in [0.29, 0.717) is 12.2 Å². The summed E-state index contributed by atoms with van der Waals surface area (Å²) in [5.74, 6) is 1.29. The number of aliphatic hydroxyl groups excluding tert-OH is 1. The van der Waals surface area contributed by atoms with Crippen LogP contribution in [0.4, 0.5) is 0 Å². The number of nitrogens with one attached hydrogen (secondary N) is 1. The summed E-state index contributed by atoms with van der Waals surface area (Å²) >= 11 is 0. The number of hydrogen-bond acceptors (Lipinski definition) is 4. The molecule has 2 rings (SSSR count). The van der Waals surface area contributed by atoms with Crippen LogP contribution in [0.2, 0.25) is 0 Å². The van der Waals surface area contributed by atoms with Crippen molar-refractivity contribution >= 4 is 5.91 Å². The molecule has 5 nitrogen and oxygen atoms in total. The number of carbonyl (C=O) groups is 1. The number of amides is 1. The highest BCUT2D eigenvalue weighted by Gasteiger charge is 2.15. The quantitative estimate of drug-likeness (QED) is 0.786. The molecule has 0 radical (unpaired) electrons. The van der Waals surface area contributed by atoms with Crippen molar-refractivity contribution in [1.29, 1.82) is 0 Å². The van der Waals surface area contributed by atoms with E-state index in [1.54, 1.807) is 19.2 Å². The molecule has 0 aliphatic carbocycles. The van der Waals surface area contributed by atoms with Crippen LogP contribution >= 0.6 is 0 Å². The zero-order valence-corrected chi connectivity index (χ0v) is 12.6. The minimum Gasteiger partial charge on any atom is -0.497 e. The second kappa shape index (κ2) is 8.24. The Labute approximate surface area is 129 Å². The minimum absolute atomic E-state index is 0.0936. The van der Waals surface area contributed by atoms with Gasteiger partial charge in [-0.05, 0) is 42.7 Å². The van der Waals surface area contributed by atoms with E-state index in [1.165, 1.54) is 11.8 Å². The molecule has 1 heterocycles. The van der Waals surface area contributed by atoms with Crippen molar-refractivity contribution in [1.82, 2.24) is 5.32 Å². The first-order valence-electron chi connectivity index (χ1n) is 7.29. The fourth-order valence-corrected chi connectivity index (χ4v) is 2.21. The SMILES string of the molecule is COc1ccc(CCCC(=O)NC(CO)c2ccco2)cc1. The van der Waals surface area contributed by atoms with E-state index in [9.17, 15) is 9.90 Å². The van der Waals surface area contributed by atoms with Crippen molar-refractivity contribution < 1.29 is 19.1 Å². The van der Waals surface area contributed by atoms with Gasteiger partial charge in [0.25, 0.3) is 0 Å². The van der Waals surface area contributed by atoms with Crippen molar-refractivity contribution in [3.63, 3.8) is 0 Å². The third-order valence-corrected chi connectivity index (χ3v) is 3.43. The smallest absolute Gasteiger partial charge is 0.220 e. The molecule has 0 bridgehead atoms. The van der Waals surface area contributed by atoms with Crippen molar-refractivity contribution in [3.05, 3.63) is 54.0 Å². The predicted octanol–water partition coefficient (Wildman–Crippen LogP) is 2.46. The van der Waals surface area contributed by atoms with Gasteiger partial charge in [0.05, 0.1) is 20.0 Å². The van der Waals surface area contributed by atoms with E-state index in [-0.39, 0.29) is 12.5 Å². The van der Waals surface area contributed by atoms with Gasteiger partial charge in [-0.3, -0.25) is 4.79 Å². The van der Waals surface area contributed by atoms with Crippen LogP contribution in [0.1, 0.15) is 30.2 Å². The molecule has 1 unspecified atom stereocenters. The van der Waals surface area contributed by atoms with Gasteiger partial charge >= 0.3 is 0 Å². The summed E-state index contributed by atoms with van der Waals surface area (Å²) in [6, 6.07) is 10.8. The van der Waals surface area contributed by atoms with Crippen LogP contribution in [-0.4, -0.2) is 24.7 Å². The minimum atomic E-state index is -0.483. The van der Waals surface area contributed by atoms with Gasteiger partial charge in [-0.25, -0.2) is 0 Å². The molecule has 2 aromatic rings. The molecule has 1 amide bonds. The monoisotopic (exact) mass is 303 g/mol. The van der Waals surface area contributed by atoms with Crippen LogP contribution in [0, 0.1) is 0 Å². The number of aryl methyl sites for hydroxylation is 1. The lowest BCUT2D eigenvalue weighted by molar-refractivity contribution is -0.122. The van der Waals surface area contributed by atoms with Gasteiger partial charge in [-0.2, -0.15) is 0 Å². The summed E-state index contributed by atoms with van der Waals surface area (Å²) in [6.45, 7) is -0.183. The maximum Gasteiger partial charge on any atom is 0.220 e. The topological polar surface area (TPSA) is 71.7 Å². The maximum absolute atomic E-state index is 11.9. The fraction of sp³-hybridized carbons (Fsp3) is 0.353. The van der Waals surface area contributed by atoms with Gasteiger partial charge in [0.15, 0.2) is 0 Å². The molecule has 0 aliphatic heterocycles. The number of benzene rings is 1. The number of methoxy groups -OCH3 is 1. The largest absolute Gasteiger partial charge is 0.497 e. The Hall–Kier alpha value is -2.27. The third kappa shape index (κ3) is 4.63. The standard InChI is InChI=1S/C17H21NO4/c1-21-14-9-7-13(8-10-14)4-2-6-17(20)18-15(12-19)16-5-3-11-22-16/h3,5,7-11,15,19H,2,4,6,12H2,1H3,(H,18,20). The Morgan fingerprint density at radius 3 is 2.68 bits per heavy atom. The van der Waals surface area contributed by atoms with Crippen molar-refractivity contribution in [3.8, 4) is 5.75 Å². The highest BCUT2D eigenvalue weighted by molar-refractivity contribution is 5.76. The highest BCUT2D eigenvalue weighted by atomic mass is 16.5. The molecule has 2 N–H and O–H groups in total. The highest BCUT2D eigenvalue weighted by Crippen LogP contribution is 2.15. The summed E-state index contributed by atoms with van der Waals surface area (Å²) in [6.07, 6.45) is 3.49. The average Bonchev–Trinajstić information content (AvgIpc) is 3.07. The first-order chi connectivity index (χ1) is 10.7. The van der Waals surface area contributed by atoms with E-state index >= 15 is 0 Å². The molecular weight excluding hydrogens is 282 g/mol. The molecule has 0 aliphatic rings. The number of aliphatic hydroxyl groups is 1. The molecule has 1 aromatic carbocycles. The van der Waals surface area contributed by atoms with Crippen LogP contribution in [0.25, 0.3) is 0 Å². The van der Waals surface area contributed by atoms with Crippen LogP contribution < -0.4 is 10.1 Å². The lowest BCUT2D eigenvalue weighted by atomic mass is 10.1. The van der Waals surface area contributed by atoms with E-state index in [4.69, 9.17) is 9.15 Å². The Morgan fingerprint density at radius 2 is 2.09 bits per heavy atom. The van der Waals surface area contributed by atoms with Gasteiger partial charge < -0.3 is 19.6 Å². The zero-order chi connectivity index (χ0) is 15.8. The van der Waals surface area contributed by atoms with Gasteiger partial charge in [0.2, 0.25) is 5.91 Å². The Kier molecular flexibility index (Phi) is 6.03. The summed E-state index contributed by atoms with van der Waals surface area (Å²) < 4.78 is 10.3. The lowest BCUT2D eigenvalue weighted by Gasteiger charge is -2.13. The first-order valence-corrected chi connectivity index (χ1v) is 7.29. The summed E-state index contributed by atoms with van der Waals surface area (Å²) in [5.41, 5.74) is 1.17. The van der Waals surface area contributed by atoms with E-state index in [0.717, 1.165) is 18.6 Å². The Morgan fingerprint density at radius 1 is 1.32 bits per heavy atom. The number of furan rings is 1. The van der Waals surface area contributed by atoms with Crippen molar-refractivity contribution in [2.75, 3.05) is 13.7 Å². The summed E-state index contributed by atoms with van der Waals surface area (Å²) in [5, 5.41) is 12.1. The molecule has 1 aromatic heterocycles. The van der Waals surface area contributed by atoms with Gasteiger partial charge in [0.1, 0.15) is 17.6 Å². The first kappa shape index (κ1) is 16.1. The number of ether oxygens (including phenoxy) is 1. The second-order valence-electron chi connectivity index (χ2n) is 5.02. The molecule has 0 saturated heterocycles. The molecular formula is C17H21NO4. The van der Waals surface area contributed by atoms with Gasteiger partial charge in [0, 0.05) is 6.42 Å². The molecule has 118 valence electrons. The normalized spacial score (nSPS) is 11.9. The van der Waals surface area contributed by atoms with Crippen LogP contribution in [0.5, 0.6) is 5.75 Å². The lowest BCUT2D eigenvalue weighted by Crippen LogP contribution is -2.30. The van der Waals surface area contributed by atoms with Crippen LogP contribution in [0.15, 0.2) is 47.1 Å². The van der Waals surface area contributed by atoms with Crippen LogP contribution in [-0.2, 0) is 11.2 Å². The number of carbonyl (C=O) groups excluding carboxylic acids is 1. The van der Waals surface area contributed by atoms with Gasteiger partial charge in [-0.15, -0.1) is 0 Å². The molecule has 0 fully saturated rings. The number of rotatable bonds is 8. The zero-order valence-electron chi connectivity index (χ0n) is 12.6. The molecule has 0 saturated carbocycles. The Balaban J connectivity index is 1.75. The summed E-state index contributed by atoms with van der Waals surface area (Å²) in [7, 11) is 1.63. The molecule has 5 heteroatoms. The fourth-order valence-electron chi connectivity index (χ4n) is 2.21.